The second kappa shape index (κ2) is 6.26. The molecule has 0 amide bonds. The van der Waals surface area contributed by atoms with E-state index in [1.54, 1.807) is 0 Å². The molecule has 0 aliphatic carbocycles. The lowest BCUT2D eigenvalue weighted by molar-refractivity contribution is 0.169. The Bertz CT molecular complexity index is 334. The summed E-state index contributed by atoms with van der Waals surface area (Å²) in [4.78, 5) is 6.74. The van der Waals surface area contributed by atoms with Gasteiger partial charge in [-0.25, -0.2) is 0 Å². The summed E-state index contributed by atoms with van der Waals surface area (Å²) < 4.78 is 0. The van der Waals surface area contributed by atoms with Crippen LogP contribution in [0.1, 0.15) is 31.6 Å². The second-order valence-electron chi connectivity index (χ2n) is 4.32. The quantitative estimate of drug-likeness (QED) is 0.896. The largest absolute Gasteiger partial charge is 0.387 e. The van der Waals surface area contributed by atoms with Crippen LogP contribution in [-0.2, 0) is 0 Å². The van der Waals surface area contributed by atoms with Gasteiger partial charge >= 0.3 is 0 Å². The first kappa shape index (κ1) is 12.7. The number of hydrogen-bond acceptors (Lipinski definition) is 4. The molecule has 0 bridgehead atoms. The highest BCUT2D eigenvalue weighted by molar-refractivity contribution is 7.99. The van der Waals surface area contributed by atoms with Gasteiger partial charge in [0.2, 0.25) is 0 Å². The molecule has 0 aromatic carbocycles. The van der Waals surface area contributed by atoms with E-state index >= 15 is 0 Å². The molecule has 1 saturated heterocycles. The predicted octanol–water partition coefficient (Wildman–Crippen LogP) is 2.47. The highest BCUT2D eigenvalue weighted by atomic mass is 32.2. The molecule has 1 aliphatic rings. The Morgan fingerprint density at radius 3 is 3.00 bits per heavy atom. The van der Waals surface area contributed by atoms with Crippen molar-refractivity contribution in [3.63, 3.8) is 0 Å². The molecule has 17 heavy (non-hydrogen) atoms. The number of aliphatic hydroxyl groups is 1. The third-order valence-corrected chi connectivity index (χ3v) is 4.13. The minimum absolute atomic E-state index is 0.427. The number of aromatic nitrogens is 1. The molecule has 0 saturated carbocycles. The van der Waals surface area contributed by atoms with Gasteiger partial charge in [0, 0.05) is 18.8 Å². The van der Waals surface area contributed by atoms with Crippen molar-refractivity contribution in [2.45, 2.75) is 25.9 Å². The highest BCUT2D eigenvalue weighted by Crippen LogP contribution is 2.20. The first-order valence-corrected chi connectivity index (χ1v) is 7.43. The minimum atomic E-state index is -0.427. The molecule has 2 heterocycles. The van der Waals surface area contributed by atoms with Crippen LogP contribution in [0.2, 0.25) is 0 Å². The maximum absolute atomic E-state index is 9.70. The molecule has 1 N–H and O–H groups in total. The summed E-state index contributed by atoms with van der Waals surface area (Å²) >= 11 is 2.02. The lowest BCUT2D eigenvalue weighted by atomic mass is 10.2. The number of thioether (sulfide) groups is 1. The molecule has 94 valence electrons. The molecular formula is C13H20N2OS. The smallest absolute Gasteiger partial charge is 0.0957 e. The molecule has 0 radical (unpaired) electrons. The van der Waals surface area contributed by atoms with Crippen LogP contribution in [0.15, 0.2) is 18.3 Å². The number of aliphatic hydroxyl groups excluding tert-OH is 1. The van der Waals surface area contributed by atoms with E-state index in [4.69, 9.17) is 0 Å². The second-order valence-corrected chi connectivity index (χ2v) is 5.54. The van der Waals surface area contributed by atoms with E-state index in [-0.39, 0.29) is 0 Å². The van der Waals surface area contributed by atoms with E-state index in [0.29, 0.717) is 6.42 Å². The molecule has 0 unspecified atom stereocenters. The average molecular weight is 252 g/mol. The lowest BCUT2D eigenvalue weighted by Gasteiger charge is -2.22. The van der Waals surface area contributed by atoms with Gasteiger partial charge in [0.25, 0.3) is 0 Å². The molecule has 1 aromatic heterocycles. The van der Waals surface area contributed by atoms with Gasteiger partial charge in [-0.3, -0.25) is 4.98 Å². The van der Waals surface area contributed by atoms with Crippen molar-refractivity contribution in [1.29, 1.82) is 0 Å². The topological polar surface area (TPSA) is 36.4 Å². The van der Waals surface area contributed by atoms with Crippen LogP contribution >= 0.6 is 11.8 Å². The number of hydrogen-bond donors (Lipinski definition) is 1. The summed E-state index contributed by atoms with van der Waals surface area (Å²) in [6.07, 6.45) is 3.42. The molecular weight excluding hydrogens is 232 g/mol. The molecule has 2 rings (SSSR count). The van der Waals surface area contributed by atoms with Crippen molar-refractivity contribution >= 4 is 17.4 Å². The van der Waals surface area contributed by atoms with E-state index < -0.39 is 6.10 Å². The first-order valence-electron chi connectivity index (χ1n) is 6.28. The standard InChI is InChI=1S/C13H20N2OS/c1-2-13(16)12-5-4-11(10-14-12)15-6-3-8-17-9-7-15/h4-5,10,13,16H,2-3,6-9H2,1H3/t13-/m1/s1. The van der Waals surface area contributed by atoms with Gasteiger partial charge in [-0.15, -0.1) is 0 Å². The van der Waals surface area contributed by atoms with Crippen LogP contribution in [0.5, 0.6) is 0 Å². The third kappa shape index (κ3) is 3.36. The van der Waals surface area contributed by atoms with Crippen molar-refractivity contribution in [2.75, 3.05) is 29.5 Å². The lowest BCUT2D eigenvalue weighted by Crippen LogP contribution is -2.25. The van der Waals surface area contributed by atoms with E-state index in [1.165, 1.54) is 23.6 Å². The maximum atomic E-state index is 9.70. The molecule has 4 heteroatoms. The highest BCUT2D eigenvalue weighted by Gasteiger charge is 2.11. The Morgan fingerprint density at radius 1 is 1.41 bits per heavy atom. The van der Waals surface area contributed by atoms with Crippen LogP contribution in [0, 0.1) is 0 Å². The normalized spacial score (nSPS) is 18.8. The van der Waals surface area contributed by atoms with Crippen LogP contribution in [0.4, 0.5) is 5.69 Å². The Balaban J connectivity index is 2.05. The van der Waals surface area contributed by atoms with Gasteiger partial charge in [-0.05, 0) is 30.7 Å². The van der Waals surface area contributed by atoms with Gasteiger partial charge in [0.1, 0.15) is 0 Å². The van der Waals surface area contributed by atoms with E-state index in [9.17, 15) is 5.11 Å². The van der Waals surface area contributed by atoms with Gasteiger partial charge in [-0.2, -0.15) is 11.8 Å². The Hall–Kier alpha value is -0.740. The molecule has 1 fully saturated rings. The van der Waals surface area contributed by atoms with Crippen molar-refractivity contribution < 1.29 is 5.11 Å². The van der Waals surface area contributed by atoms with Crippen molar-refractivity contribution in [3.05, 3.63) is 24.0 Å². The van der Waals surface area contributed by atoms with E-state index in [1.807, 2.05) is 30.9 Å². The van der Waals surface area contributed by atoms with Crippen molar-refractivity contribution in [2.24, 2.45) is 0 Å². The van der Waals surface area contributed by atoms with Crippen LogP contribution in [0.3, 0.4) is 0 Å². The van der Waals surface area contributed by atoms with E-state index in [2.05, 4.69) is 16.0 Å². The van der Waals surface area contributed by atoms with Gasteiger partial charge in [-0.1, -0.05) is 6.92 Å². The van der Waals surface area contributed by atoms with Crippen LogP contribution < -0.4 is 4.90 Å². The predicted molar refractivity (Wildman–Crippen MR) is 73.6 cm³/mol. The van der Waals surface area contributed by atoms with Crippen molar-refractivity contribution in [3.8, 4) is 0 Å². The Labute approximate surface area is 107 Å². The van der Waals surface area contributed by atoms with Gasteiger partial charge < -0.3 is 10.0 Å². The fraction of sp³-hybridized carbons (Fsp3) is 0.615. The fourth-order valence-electron chi connectivity index (χ4n) is 2.00. The van der Waals surface area contributed by atoms with Crippen LogP contribution in [-0.4, -0.2) is 34.7 Å². The first-order chi connectivity index (χ1) is 8.31. The molecule has 1 aliphatic heterocycles. The molecule has 0 spiro atoms. The molecule has 3 nitrogen and oxygen atoms in total. The average Bonchev–Trinajstić information content (AvgIpc) is 2.67. The number of nitrogens with zero attached hydrogens (tertiary/aromatic N) is 2. The Morgan fingerprint density at radius 2 is 2.29 bits per heavy atom. The summed E-state index contributed by atoms with van der Waals surface area (Å²) in [6, 6.07) is 4.03. The number of pyridine rings is 1. The molecule has 1 atom stereocenters. The zero-order chi connectivity index (χ0) is 12.1. The summed E-state index contributed by atoms with van der Waals surface area (Å²) in [5, 5.41) is 9.70. The Kier molecular flexibility index (Phi) is 4.68. The van der Waals surface area contributed by atoms with Crippen LogP contribution in [0.25, 0.3) is 0 Å². The summed E-state index contributed by atoms with van der Waals surface area (Å²) in [6.45, 7) is 4.18. The monoisotopic (exact) mass is 252 g/mol. The zero-order valence-corrected chi connectivity index (χ0v) is 11.1. The molecule has 1 aromatic rings. The summed E-state index contributed by atoms with van der Waals surface area (Å²) in [5.41, 5.74) is 1.96. The number of anilines is 1. The van der Waals surface area contributed by atoms with Gasteiger partial charge in [0.15, 0.2) is 0 Å². The summed E-state index contributed by atoms with van der Waals surface area (Å²) in [5.74, 6) is 2.45. The third-order valence-electron chi connectivity index (χ3n) is 3.09. The summed E-state index contributed by atoms with van der Waals surface area (Å²) in [7, 11) is 0. The number of rotatable bonds is 3. The van der Waals surface area contributed by atoms with Crippen molar-refractivity contribution in [1.82, 2.24) is 4.98 Å². The maximum Gasteiger partial charge on any atom is 0.0957 e. The fourth-order valence-corrected chi connectivity index (χ4v) is 2.88. The van der Waals surface area contributed by atoms with Gasteiger partial charge in [0.05, 0.1) is 23.7 Å². The van der Waals surface area contributed by atoms with E-state index in [0.717, 1.165) is 18.8 Å². The SMILES string of the molecule is CC[C@@H](O)c1ccc(N2CCCSCC2)cn1. The zero-order valence-electron chi connectivity index (χ0n) is 10.3. The minimum Gasteiger partial charge on any atom is -0.387 e.